The summed E-state index contributed by atoms with van der Waals surface area (Å²) < 4.78 is 10.3. The molecule has 8 heteroatoms. The van der Waals surface area contributed by atoms with Crippen LogP contribution in [0.1, 0.15) is 16.2 Å². The van der Waals surface area contributed by atoms with Gasteiger partial charge < -0.3 is 9.26 Å². The van der Waals surface area contributed by atoms with Gasteiger partial charge in [0.15, 0.2) is 6.61 Å². The fourth-order valence-corrected chi connectivity index (χ4v) is 2.92. The average Bonchev–Trinajstić information content (AvgIpc) is 3.23. The monoisotopic (exact) mass is 333 g/mol. The molecule has 0 N–H and O–H groups in total. The maximum absolute atomic E-state index is 12.1. The standard InChI is InChI=1S/C14H11N3O3S2/c1-21-13-9(4-2-6-15-13)14(18)19-8-11-16-12(17-20-11)10-5-3-7-22-10/h2-7H,8H2,1H3. The molecule has 0 aromatic carbocycles. The molecule has 0 amide bonds. The van der Waals surface area contributed by atoms with Crippen LogP contribution in [0.5, 0.6) is 0 Å². The molecule has 0 aliphatic heterocycles. The third kappa shape index (κ3) is 3.18. The van der Waals surface area contributed by atoms with Crippen LogP contribution in [0.4, 0.5) is 0 Å². The first-order valence-electron chi connectivity index (χ1n) is 6.30. The van der Waals surface area contributed by atoms with Gasteiger partial charge in [-0.25, -0.2) is 9.78 Å². The van der Waals surface area contributed by atoms with Gasteiger partial charge in [-0.1, -0.05) is 11.2 Å². The zero-order chi connectivity index (χ0) is 15.4. The number of rotatable bonds is 5. The van der Waals surface area contributed by atoms with Crippen LogP contribution in [-0.2, 0) is 11.3 Å². The van der Waals surface area contributed by atoms with E-state index in [0.717, 1.165) is 4.88 Å². The highest BCUT2D eigenvalue weighted by molar-refractivity contribution is 7.98. The largest absolute Gasteiger partial charge is 0.452 e. The van der Waals surface area contributed by atoms with Crippen molar-refractivity contribution < 1.29 is 14.1 Å². The molecule has 0 fully saturated rings. The highest BCUT2D eigenvalue weighted by Gasteiger charge is 2.15. The van der Waals surface area contributed by atoms with Crippen LogP contribution in [0.3, 0.4) is 0 Å². The lowest BCUT2D eigenvalue weighted by molar-refractivity contribution is 0.0425. The number of aromatic nitrogens is 3. The highest BCUT2D eigenvalue weighted by Crippen LogP contribution is 2.22. The van der Waals surface area contributed by atoms with Crippen LogP contribution < -0.4 is 0 Å². The van der Waals surface area contributed by atoms with Crippen molar-refractivity contribution in [3.63, 3.8) is 0 Å². The molecular formula is C14H11N3O3S2. The van der Waals surface area contributed by atoms with Gasteiger partial charge in [0.1, 0.15) is 5.03 Å². The summed E-state index contributed by atoms with van der Waals surface area (Å²) in [6.45, 7) is -0.0695. The Labute approximate surface area is 134 Å². The molecule has 3 aromatic heterocycles. The first-order chi connectivity index (χ1) is 10.8. The van der Waals surface area contributed by atoms with Crippen LogP contribution in [0.15, 0.2) is 45.4 Å². The average molecular weight is 333 g/mol. The molecule has 0 atom stereocenters. The summed E-state index contributed by atoms with van der Waals surface area (Å²) in [7, 11) is 0. The van der Waals surface area contributed by atoms with Crippen molar-refractivity contribution in [2.24, 2.45) is 0 Å². The first kappa shape index (κ1) is 14.7. The Bertz CT molecular complexity index is 771. The van der Waals surface area contributed by atoms with Crippen molar-refractivity contribution in [1.29, 1.82) is 0 Å². The van der Waals surface area contributed by atoms with E-state index in [1.54, 1.807) is 18.3 Å². The van der Waals surface area contributed by atoms with Crippen molar-refractivity contribution in [2.75, 3.05) is 6.26 Å². The molecule has 6 nitrogen and oxygen atoms in total. The number of thiophene rings is 1. The smallest absolute Gasteiger partial charge is 0.341 e. The predicted octanol–water partition coefficient (Wildman–Crippen LogP) is 3.27. The van der Waals surface area contributed by atoms with E-state index in [4.69, 9.17) is 9.26 Å². The van der Waals surface area contributed by atoms with Crippen molar-refractivity contribution in [3.8, 4) is 10.7 Å². The number of hydrogen-bond acceptors (Lipinski definition) is 8. The van der Waals surface area contributed by atoms with Gasteiger partial charge in [-0.2, -0.15) is 4.98 Å². The second-order valence-electron chi connectivity index (χ2n) is 4.13. The summed E-state index contributed by atoms with van der Waals surface area (Å²) in [6.07, 6.45) is 3.48. The van der Waals surface area contributed by atoms with Gasteiger partial charge in [-0.15, -0.1) is 23.1 Å². The van der Waals surface area contributed by atoms with E-state index in [1.807, 2.05) is 23.8 Å². The van der Waals surface area contributed by atoms with E-state index in [1.165, 1.54) is 23.1 Å². The van der Waals surface area contributed by atoms with Crippen molar-refractivity contribution in [1.82, 2.24) is 15.1 Å². The normalized spacial score (nSPS) is 10.6. The Morgan fingerprint density at radius 3 is 3.09 bits per heavy atom. The third-order valence-corrected chi connectivity index (χ3v) is 4.30. The van der Waals surface area contributed by atoms with Crippen molar-refractivity contribution in [2.45, 2.75) is 11.6 Å². The molecule has 0 aliphatic carbocycles. The van der Waals surface area contributed by atoms with Gasteiger partial charge in [-0.3, -0.25) is 0 Å². The summed E-state index contributed by atoms with van der Waals surface area (Å²) in [6, 6.07) is 7.16. The number of nitrogens with zero attached hydrogens (tertiary/aromatic N) is 3. The van der Waals surface area contributed by atoms with Crippen LogP contribution in [0, 0.1) is 0 Å². The van der Waals surface area contributed by atoms with Gasteiger partial charge in [0.25, 0.3) is 5.89 Å². The minimum Gasteiger partial charge on any atom is -0.452 e. The van der Waals surface area contributed by atoms with E-state index >= 15 is 0 Å². The molecule has 0 radical (unpaired) electrons. The van der Waals surface area contributed by atoms with Crippen LogP contribution in [-0.4, -0.2) is 27.3 Å². The SMILES string of the molecule is CSc1ncccc1C(=O)OCc1nc(-c2cccs2)no1. The maximum atomic E-state index is 12.1. The lowest BCUT2D eigenvalue weighted by Crippen LogP contribution is -2.07. The van der Waals surface area contributed by atoms with Crippen molar-refractivity contribution >= 4 is 29.1 Å². The van der Waals surface area contributed by atoms with Crippen LogP contribution in [0.25, 0.3) is 10.7 Å². The Balaban J connectivity index is 1.66. The Morgan fingerprint density at radius 1 is 1.41 bits per heavy atom. The van der Waals surface area contributed by atoms with E-state index in [0.29, 0.717) is 16.4 Å². The van der Waals surface area contributed by atoms with Gasteiger partial charge in [0, 0.05) is 6.20 Å². The van der Waals surface area contributed by atoms with Gasteiger partial charge in [-0.05, 0) is 29.8 Å². The molecule has 0 spiro atoms. The van der Waals surface area contributed by atoms with Gasteiger partial charge in [0.2, 0.25) is 5.82 Å². The molecule has 0 bridgehead atoms. The molecule has 0 saturated carbocycles. The number of ether oxygens (including phenoxy) is 1. The fraction of sp³-hybridized carbons (Fsp3) is 0.143. The molecule has 0 aliphatic rings. The Morgan fingerprint density at radius 2 is 2.32 bits per heavy atom. The number of carbonyl (C=O) groups excluding carboxylic acids is 1. The first-order valence-corrected chi connectivity index (χ1v) is 8.41. The molecule has 3 heterocycles. The van der Waals surface area contributed by atoms with E-state index in [2.05, 4.69) is 15.1 Å². The fourth-order valence-electron chi connectivity index (χ4n) is 1.73. The third-order valence-electron chi connectivity index (χ3n) is 2.72. The lowest BCUT2D eigenvalue weighted by Gasteiger charge is -2.04. The van der Waals surface area contributed by atoms with Crippen LogP contribution >= 0.6 is 23.1 Å². The van der Waals surface area contributed by atoms with Gasteiger partial charge in [0.05, 0.1) is 10.4 Å². The number of esters is 1. The summed E-state index contributed by atoms with van der Waals surface area (Å²) in [5.41, 5.74) is 0.424. The highest BCUT2D eigenvalue weighted by atomic mass is 32.2. The molecule has 0 saturated heterocycles. The zero-order valence-corrected chi connectivity index (χ0v) is 13.2. The number of carbonyl (C=O) groups is 1. The number of hydrogen-bond donors (Lipinski definition) is 0. The van der Waals surface area contributed by atoms with Crippen molar-refractivity contribution in [3.05, 3.63) is 47.3 Å². The quantitative estimate of drug-likeness (QED) is 0.524. The Hall–Kier alpha value is -2.19. The predicted molar refractivity (Wildman–Crippen MR) is 82.7 cm³/mol. The minimum atomic E-state index is -0.465. The zero-order valence-electron chi connectivity index (χ0n) is 11.6. The number of thioether (sulfide) groups is 1. The lowest BCUT2D eigenvalue weighted by atomic mass is 10.3. The molecule has 112 valence electrons. The van der Waals surface area contributed by atoms with Gasteiger partial charge >= 0.3 is 5.97 Å². The molecule has 3 rings (SSSR count). The maximum Gasteiger partial charge on any atom is 0.341 e. The summed E-state index contributed by atoms with van der Waals surface area (Å²) in [5, 5.41) is 6.41. The minimum absolute atomic E-state index is 0.0695. The topological polar surface area (TPSA) is 78.1 Å². The molecule has 3 aromatic rings. The summed E-state index contributed by atoms with van der Waals surface area (Å²) in [4.78, 5) is 21.3. The molecular weight excluding hydrogens is 322 g/mol. The molecule has 0 unspecified atom stereocenters. The van der Waals surface area contributed by atoms with E-state index in [9.17, 15) is 4.79 Å². The summed E-state index contributed by atoms with van der Waals surface area (Å²) >= 11 is 2.90. The Kier molecular flexibility index (Phi) is 4.50. The molecule has 22 heavy (non-hydrogen) atoms. The number of pyridine rings is 1. The second-order valence-corrected chi connectivity index (χ2v) is 5.87. The summed E-state index contributed by atoms with van der Waals surface area (Å²) in [5.74, 6) is 0.284. The van der Waals surface area contributed by atoms with E-state index in [-0.39, 0.29) is 12.5 Å². The van der Waals surface area contributed by atoms with E-state index < -0.39 is 5.97 Å². The second kappa shape index (κ2) is 6.71. The van der Waals surface area contributed by atoms with Crippen LogP contribution in [0.2, 0.25) is 0 Å².